The van der Waals surface area contributed by atoms with Crippen molar-refractivity contribution in [1.29, 1.82) is 0 Å². The first-order chi connectivity index (χ1) is 11.4. The molecule has 0 fully saturated rings. The van der Waals surface area contributed by atoms with Gasteiger partial charge in [0.15, 0.2) is 5.65 Å². The van der Waals surface area contributed by atoms with Crippen LogP contribution in [0.25, 0.3) is 11.2 Å². The second-order valence-corrected chi connectivity index (χ2v) is 7.17. The summed E-state index contributed by atoms with van der Waals surface area (Å²) in [6.07, 6.45) is 1.29. The van der Waals surface area contributed by atoms with Gasteiger partial charge < -0.3 is 5.11 Å². The molecule has 0 saturated heterocycles. The zero-order valence-electron chi connectivity index (χ0n) is 13.7. The molecule has 0 amide bonds. The van der Waals surface area contributed by atoms with Crippen molar-refractivity contribution >= 4 is 28.5 Å². The summed E-state index contributed by atoms with van der Waals surface area (Å²) in [7, 11) is 0. The highest BCUT2D eigenvalue weighted by atomic mass is 32.1. The van der Waals surface area contributed by atoms with Gasteiger partial charge in [0, 0.05) is 18.1 Å². The van der Waals surface area contributed by atoms with E-state index in [0.29, 0.717) is 24.3 Å². The van der Waals surface area contributed by atoms with Crippen LogP contribution in [0.3, 0.4) is 0 Å². The summed E-state index contributed by atoms with van der Waals surface area (Å²) in [5.74, 6) is -0.797. The van der Waals surface area contributed by atoms with Crippen molar-refractivity contribution in [3.63, 3.8) is 0 Å². The smallest absolute Gasteiger partial charge is 0.337 e. The van der Waals surface area contributed by atoms with E-state index in [0.717, 1.165) is 10.7 Å². The quantitative estimate of drug-likeness (QED) is 0.766. The van der Waals surface area contributed by atoms with Crippen LogP contribution in [-0.2, 0) is 13.1 Å². The number of aromatic nitrogens is 4. The Morgan fingerprint density at radius 2 is 2.12 bits per heavy atom. The SMILES string of the molecule is Cc1nc(Cn2c(=O)n(CC(C)C)c3ncc(C(=O)O)cc32)cs1. The minimum atomic E-state index is -1.07. The number of aryl methyl sites for hydroxylation is 1. The molecule has 3 rings (SSSR count). The van der Waals surface area contributed by atoms with Crippen LogP contribution in [0.2, 0.25) is 0 Å². The van der Waals surface area contributed by atoms with Crippen LogP contribution in [0, 0.1) is 12.8 Å². The highest BCUT2D eigenvalue weighted by Gasteiger charge is 2.18. The summed E-state index contributed by atoms with van der Waals surface area (Å²) >= 11 is 1.52. The molecule has 0 bridgehead atoms. The van der Waals surface area contributed by atoms with E-state index >= 15 is 0 Å². The summed E-state index contributed by atoms with van der Waals surface area (Å²) in [4.78, 5) is 32.7. The molecule has 0 spiro atoms. The third-order valence-corrected chi connectivity index (χ3v) is 4.46. The lowest BCUT2D eigenvalue weighted by atomic mass is 10.2. The lowest BCUT2D eigenvalue weighted by Gasteiger charge is -2.05. The van der Waals surface area contributed by atoms with E-state index in [-0.39, 0.29) is 17.2 Å². The van der Waals surface area contributed by atoms with Gasteiger partial charge in [0.05, 0.1) is 28.3 Å². The average molecular weight is 346 g/mol. The third-order valence-electron chi connectivity index (χ3n) is 3.64. The van der Waals surface area contributed by atoms with E-state index in [2.05, 4.69) is 9.97 Å². The number of hydrogen-bond donors (Lipinski definition) is 1. The number of aromatic carboxylic acids is 1. The summed E-state index contributed by atoms with van der Waals surface area (Å²) in [6.45, 7) is 6.77. The molecule has 1 N–H and O–H groups in total. The van der Waals surface area contributed by atoms with Gasteiger partial charge in [-0.25, -0.2) is 19.6 Å². The predicted octanol–water partition coefficient (Wildman–Crippen LogP) is 2.37. The summed E-state index contributed by atoms with van der Waals surface area (Å²) < 4.78 is 3.15. The molecular formula is C16H18N4O3S. The zero-order valence-corrected chi connectivity index (χ0v) is 14.5. The second kappa shape index (κ2) is 6.20. The number of carbonyl (C=O) groups is 1. The summed E-state index contributed by atoms with van der Waals surface area (Å²) in [5.41, 5.74) is 1.67. The normalized spacial score (nSPS) is 11.5. The maximum atomic E-state index is 12.8. The van der Waals surface area contributed by atoms with Gasteiger partial charge in [-0.1, -0.05) is 13.8 Å². The monoisotopic (exact) mass is 346 g/mol. The number of carboxylic acids is 1. The van der Waals surface area contributed by atoms with Gasteiger partial charge in [-0.05, 0) is 18.9 Å². The third kappa shape index (κ3) is 2.96. The Morgan fingerprint density at radius 3 is 2.71 bits per heavy atom. The fourth-order valence-electron chi connectivity index (χ4n) is 2.63. The topological polar surface area (TPSA) is 90.0 Å². The van der Waals surface area contributed by atoms with Crippen molar-refractivity contribution < 1.29 is 9.90 Å². The zero-order chi connectivity index (χ0) is 17.4. The van der Waals surface area contributed by atoms with Crippen LogP contribution in [0.5, 0.6) is 0 Å². The van der Waals surface area contributed by atoms with E-state index in [1.165, 1.54) is 23.6 Å². The molecule has 0 aromatic carbocycles. The van der Waals surface area contributed by atoms with Crippen molar-refractivity contribution in [2.75, 3.05) is 0 Å². The average Bonchev–Trinajstić information content (AvgIpc) is 3.03. The van der Waals surface area contributed by atoms with Crippen molar-refractivity contribution in [3.8, 4) is 0 Å². The van der Waals surface area contributed by atoms with Crippen LogP contribution in [0.15, 0.2) is 22.4 Å². The Morgan fingerprint density at radius 1 is 1.38 bits per heavy atom. The number of pyridine rings is 1. The Labute approximate surface area is 142 Å². The molecule has 0 aliphatic rings. The van der Waals surface area contributed by atoms with E-state index < -0.39 is 5.97 Å². The molecule has 3 heterocycles. The number of thiazole rings is 1. The van der Waals surface area contributed by atoms with Gasteiger partial charge in [-0.3, -0.25) is 9.13 Å². The molecule has 0 aliphatic carbocycles. The van der Waals surface area contributed by atoms with Crippen LogP contribution in [-0.4, -0.2) is 30.2 Å². The minimum Gasteiger partial charge on any atom is -0.478 e. The van der Waals surface area contributed by atoms with E-state index in [9.17, 15) is 14.7 Å². The van der Waals surface area contributed by atoms with Gasteiger partial charge in [-0.15, -0.1) is 11.3 Å². The van der Waals surface area contributed by atoms with Crippen molar-refractivity contribution in [1.82, 2.24) is 19.1 Å². The van der Waals surface area contributed by atoms with Crippen LogP contribution < -0.4 is 5.69 Å². The maximum absolute atomic E-state index is 12.8. The first kappa shape index (κ1) is 16.4. The Bertz CT molecular complexity index is 968. The van der Waals surface area contributed by atoms with Gasteiger partial charge in [0.2, 0.25) is 0 Å². The Balaban J connectivity index is 2.20. The number of imidazole rings is 1. The minimum absolute atomic E-state index is 0.0624. The molecule has 7 nitrogen and oxygen atoms in total. The molecule has 24 heavy (non-hydrogen) atoms. The molecule has 8 heteroatoms. The van der Waals surface area contributed by atoms with Gasteiger partial charge in [0.1, 0.15) is 0 Å². The Hall–Kier alpha value is -2.48. The van der Waals surface area contributed by atoms with Crippen molar-refractivity contribution in [2.24, 2.45) is 5.92 Å². The van der Waals surface area contributed by atoms with Crippen molar-refractivity contribution in [2.45, 2.75) is 33.9 Å². The number of nitrogens with zero attached hydrogens (tertiary/aromatic N) is 4. The Kier molecular flexibility index (Phi) is 4.23. The highest BCUT2D eigenvalue weighted by Crippen LogP contribution is 2.17. The highest BCUT2D eigenvalue weighted by molar-refractivity contribution is 7.09. The molecule has 126 valence electrons. The molecule has 0 saturated carbocycles. The van der Waals surface area contributed by atoms with Crippen LogP contribution in [0.1, 0.15) is 34.9 Å². The van der Waals surface area contributed by atoms with Crippen molar-refractivity contribution in [3.05, 3.63) is 44.4 Å². The second-order valence-electron chi connectivity index (χ2n) is 6.10. The fraction of sp³-hybridized carbons (Fsp3) is 0.375. The lowest BCUT2D eigenvalue weighted by molar-refractivity contribution is 0.0696. The standard InChI is InChI=1S/C16H18N4O3S/c1-9(2)6-20-14-13(4-11(5-17-14)15(21)22)19(16(20)23)7-12-8-24-10(3)18-12/h4-5,8-9H,6-7H2,1-3H3,(H,21,22). The van der Waals surface area contributed by atoms with E-state index in [4.69, 9.17) is 0 Å². The molecule has 0 aliphatic heterocycles. The first-order valence-electron chi connectivity index (χ1n) is 7.60. The molecular weight excluding hydrogens is 328 g/mol. The number of hydrogen-bond acceptors (Lipinski definition) is 5. The summed E-state index contributed by atoms with van der Waals surface area (Å²) in [5, 5.41) is 12.0. The van der Waals surface area contributed by atoms with E-state index in [1.807, 2.05) is 26.2 Å². The maximum Gasteiger partial charge on any atom is 0.337 e. The predicted molar refractivity (Wildman–Crippen MR) is 91.7 cm³/mol. The van der Waals surface area contributed by atoms with Gasteiger partial charge in [0.25, 0.3) is 0 Å². The molecule has 3 aromatic rings. The summed E-state index contributed by atoms with van der Waals surface area (Å²) in [6, 6.07) is 1.50. The van der Waals surface area contributed by atoms with Gasteiger partial charge >= 0.3 is 11.7 Å². The number of rotatable bonds is 5. The molecule has 0 atom stereocenters. The van der Waals surface area contributed by atoms with Gasteiger partial charge in [-0.2, -0.15) is 0 Å². The van der Waals surface area contributed by atoms with E-state index in [1.54, 1.807) is 9.13 Å². The molecule has 0 radical (unpaired) electrons. The molecule has 0 unspecified atom stereocenters. The first-order valence-corrected chi connectivity index (χ1v) is 8.48. The van der Waals surface area contributed by atoms with Crippen LogP contribution >= 0.6 is 11.3 Å². The number of carboxylic acid groups (broad SMARTS) is 1. The number of fused-ring (bicyclic) bond motifs is 1. The largest absolute Gasteiger partial charge is 0.478 e. The molecule has 3 aromatic heterocycles. The lowest BCUT2D eigenvalue weighted by Crippen LogP contribution is -2.26. The van der Waals surface area contributed by atoms with Crippen LogP contribution in [0.4, 0.5) is 0 Å². The fourth-order valence-corrected chi connectivity index (χ4v) is 3.24.